The van der Waals surface area contributed by atoms with Crippen LogP contribution in [0.15, 0.2) is 42.9 Å². The Morgan fingerprint density at radius 1 is 1.17 bits per heavy atom. The molecule has 118 valence electrons. The summed E-state index contributed by atoms with van der Waals surface area (Å²) in [7, 11) is 0. The molecule has 3 aromatic rings. The van der Waals surface area contributed by atoms with Gasteiger partial charge in [0, 0.05) is 43.3 Å². The van der Waals surface area contributed by atoms with Crippen molar-refractivity contribution in [1.82, 2.24) is 24.4 Å². The molecule has 4 rings (SSSR count). The standard InChI is InChI=1S/C18H21N5/c1-13(2)22-10-7-15(12-22)23-17(14-5-3-8-19-11-14)21-16-6-4-9-20-18(16)23/h3-6,8-9,11,13,15H,7,10,12H2,1-2H3. The lowest BCUT2D eigenvalue weighted by Crippen LogP contribution is -2.28. The summed E-state index contributed by atoms with van der Waals surface area (Å²) in [5, 5.41) is 0. The van der Waals surface area contributed by atoms with Gasteiger partial charge in [0.25, 0.3) is 0 Å². The maximum absolute atomic E-state index is 4.84. The molecule has 23 heavy (non-hydrogen) atoms. The van der Waals surface area contributed by atoms with E-state index in [1.807, 2.05) is 30.6 Å². The van der Waals surface area contributed by atoms with E-state index in [0.717, 1.165) is 42.1 Å². The van der Waals surface area contributed by atoms with Crippen molar-refractivity contribution in [2.45, 2.75) is 32.4 Å². The van der Waals surface area contributed by atoms with E-state index in [4.69, 9.17) is 4.98 Å². The minimum atomic E-state index is 0.410. The molecule has 1 aliphatic rings. The number of imidazole rings is 1. The molecule has 0 N–H and O–H groups in total. The van der Waals surface area contributed by atoms with Gasteiger partial charge in [-0.05, 0) is 44.5 Å². The van der Waals surface area contributed by atoms with Crippen molar-refractivity contribution in [1.29, 1.82) is 0 Å². The number of aromatic nitrogens is 4. The monoisotopic (exact) mass is 307 g/mol. The van der Waals surface area contributed by atoms with E-state index >= 15 is 0 Å². The fourth-order valence-electron chi connectivity index (χ4n) is 3.42. The van der Waals surface area contributed by atoms with Crippen LogP contribution in [0, 0.1) is 0 Å². The zero-order valence-electron chi connectivity index (χ0n) is 13.6. The van der Waals surface area contributed by atoms with E-state index in [1.165, 1.54) is 0 Å². The Labute approximate surface area is 136 Å². The van der Waals surface area contributed by atoms with Crippen LogP contribution in [0.1, 0.15) is 26.3 Å². The van der Waals surface area contributed by atoms with Gasteiger partial charge in [-0.2, -0.15) is 0 Å². The summed E-state index contributed by atoms with van der Waals surface area (Å²) in [6, 6.07) is 8.99. The number of likely N-dealkylation sites (tertiary alicyclic amines) is 1. The Kier molecular flexibility index (Phi) is 3.58. The molecule has 0 radical (unpaired) electrons. The largest absolute Gasteiger partial charge is 0.304 e. The molecule has 0 aliphatic carbocycles. The predicted octanol–water partition coefficient (Wildman–Crippen LogP) is 3.15. The fraction of sp³-hybridized carbons (Fsp3) is 0.389. The number of hydrogen-bond donors (Lipinski definition) is 0. The Hall–Kier alpha value is -2.27. The van der Waals surface area contributed by atoms with Gasteiger partial charge in [0.05, 0.1) is 6.04 Å². The molecule has 1 aliphatic heterocycles. The summed E-state index contributed by atoms with van der Waals surface area (Å²) in [4.78, 5) is 16.2. The molecule has 3 aromatic heterocycles. The highest BCUT2D eigenvalue weighted by Crippen LogP contribution is 2.32. The number of nitrogens with zero attached hydrogens (tertiary/aromatic N) is 5. The van der Waals surface area contributed by atoms with Crippen molar-refractivity contribution in [2.75, 3.05) is 13.1 Å². The lowest BCUT2D eigenvalue weighted by molar-refractivity contribution is 0.266. The predicted molar refractivity (Wildman–Crippen MR) is 91.1 cm³/mol. The molecule has 1 atom stereocenters. The van der Waals surface area contributed by atoms with E-state index in [2.05, 4.69) is 39.3 Å². The summed E-state index contributed by atoms with van der Waals surface area (Å²) in [5.74, 6) is 0.974. The van der Waals surface area contributed by atoms with Crippen LogP contribution in [0.25, 0.3) is 22.6 Å². The first-order chi connectivity index (χ1) is 11.2. The average molecular weight is 307 g/mol. The molecule has 0 saturated carbocycles. The van der Waals surface area contributed by atoms with Gasteiger partial charge in [-0.1, -0.05) is 0 Å². The molecular formula is C18H21N5. The first-order valence-electron chi connectivity index (χ1n) is 8.21. The minimum Gasteiger partial charge on any atom is -0.304 e. The Balaban J connectivity index is 1.84. The van der Waals surface area contributed by atoms with E-state index in [9.17, 15) is 0 Å². The van der Waals surface area contributed by atoms with E-state index < -0.39 is 0 Å². The van der Waals surface area contributed by atoms with Crippen LogP contribution in [0.4, 0.5) is 0 Å². The second-order valence-corrected chi connectivity index (χ2v) is 6.42. The molecule has 0 aromatic carbocycles. The van der Waals surface area contributed by atoms with E-state index in [-0.39, 0.29) is 0 Å². The molecule has 0 bridgehead atoms. The van der Waals surface area contributed by atoms with E-state index in [0.29, 0.717) is 12.1 Å². The Morgan fingerprint density at radius 3 is 2.78 bits per heavy atom. The van der Waals surface area contributed by atoms with Crippen LogP contribution in [0.3, 0.4) is 0 Å². The van der Waals surface area contributed by atoms with Crippen molar-refractivity contribution >= 4 is 11.2 Å². The lowest BCUT2D eigenvalue weighted by atomic mass is 10.2. The molecule has 1 unspecified atom stereocenters. The van der Waals surface area contributed by atoms with Gasteiger partial charge < -0.3 is 4.57 Å². The maximum atomic E-state index is 4.84. The van der Waals surface area contributed by atoms with Crippen LogP contribution in [0.5, 0.6) is 0 Å². The lowest BCUT2D eigenvalue weighted by Gasteiger charge is -2.21. The van der Waals surface area contributed by atoms with Crippen molar-refractivity contribution in [2.24, 2.45) is 0 Å². The normalized spacial score (nSPS) is 19.0. The molecule has 1 fully saturated rings. The summed E-state index contributed by atoms with van der Waals surface area (Å²) in [5.41, 5.74) is 2.98. The molecule has 1 saturated heterocycles. The molecule has 5 nitrogen and oxygen atoms in total. The third-order valence-electron chi connectivity index (χ3n) is 4.66. The molecule has 4 heterocycles. The van der Waals surface area contributed by atoms with Gasteiger partial charge in [-0.25, -0.2) is 9.97 Å². The van der Waals surface area contributed by atoms with Crippen LogP contribution >= 0.6 is 0 Å². The number of rotatable bonds is 3. The minimum absolute atomic E-state index is 0.410. The molecule has 0 amide bonds. The molecular weight excluding hydrogens is 286 g/mol. The number of fused-ring (bicyclic) bond motifs is 1. The Morgan fingerprint density at radius 2 is 2.04 bits per heavy atom. The van der Waals surface area contributed by atoms with Crippen molar-refractivity contribution in [3.05, 3.63) is 42.9 Å². The Bertz CT molecular complexity index is 809. The number of hydrogen-bond acceptors (Lipinski definition) is 4. The fourth-order valence-corrected chi connectivity index (χ4v) is 3.42. The third-order valence-corrected chi connectivity index (χ3v) is 4.66. The van der Waals surface area contributed by atoms with Crippen molar-refractivity contribution < 1.29 is 0 Å². The van der Waals surface area contributed by atoms with Gasteiger partial charge in [0.1, 0.15) is 11.3 Å². The quantitative estimate of drug-likeness (QED) is 0.746. The second-order valence-electron chi connectivity index (χ2n) is 6.42. The zero-order chi connectivity index (χ0) is 15.8. The average Bonchev–Trinajstić information content (AvgIpc) is 3.20. The highest BCUT2D eigenvalue weighted by Gasteiger charge is 2.29. The van der Waals surface area contributed by atoms with Gasteiger partial charge >= 0.3 is 0 Å². The highest BCUT2D eigenvalue weighted by molar-refractivity contribution is 5.77. The van der Waals surface area contributed by atoms with Gasteiger partial charge in [0.15, 0.2) is 5.65 Å². The van der Waals surface area contributed by atoms with Gasteiger partial charge in [-0.3, -0.25) is 9.88 Å². The van der Waals surface area contributed by atoms with Crippen LogP contribution in [0.2, 0.25) is 0 Å². The zero-order valence-corrected chi connectivity index (χ0v) is 13.6. The maximum Gasteiger partial charge on any atom is 0.160 e. The summed E-state index contributed by atoms with van der Waals surface area (Å²) in [6.45, 7) is 6.69. The van der Waals surface area contributed by atoms with Crippen molar-refractivity contribution in [3.63, 3.8) is 0 Å². The van der Waals surface area contributed by atoms with E-state index in [1.54, 1.807) is 6.20 Å². The van der Waals surface area contributed by atoms with Crippen LogP contribution in [-0.2, 0) is 0 Å². The van der Waals surface area contributed by atoms with Crippen LogP contribution in [-0.4, -0.2) is 43.6 Å². The van der Waals surface area contributed by atoms with Crippen LogP contribution < -0.4 is 0 Å². The van der Waals surface area contributed by atoms with Gasteiger partial charge in [0.2, 0.25) is 0 Å². The van der Waals surface area contributed by atoms with Gasteiger partial charge in [-0.15, -0.1) is 0 Å². The third kappa shape index (κ3) is 2.51. The molecule has 5 heteroatoms. The first kappa shape index (κ1) is 14.3. The summed E-state index contributed by atoms with van der Waals surface area (Å²) < 4.78 is 2.31. The molecule has 0 spiro atoms. The SMILES string of the molecule is CC(C)N1CCC(n2c(-c3cccnc3)nc3cccnc32)C1. The number of pyridine rings is 2. The smallest absolute Gasteiger partial charge is 0.160 e. The first-order valence-corrected chi connectivity index (χ1v) is 8.21. The highest BCUT2D eigenvalue weighted by atomic mass is 15.2. The summed E-state index contributed by atoms with van der Waals surface area (Å²) >= 11 is 0. The van der Waals surface area contributed by atoms with Crippen molar-refractivity contribution in [3.8, 4) is 11.4 Å². The summed E-state index contributed by atoms with van der Waals surface area (Å²) in [6.07, 6.45) is 6.66. The second kappa shape index (κ2) is 5.74. The topological polar surface area (TPSA) is 46.8 Å².